The van der Waals surface area contributed by atoms with Crippen LogP contribution in [0.2, 0.25) is 0 Å². The topological polar surface area (TPSA) is 24.8 Å². The van der Waals surface area contributed by atoms with Crippen molar-refractivity contribution in [1.29, 1.82) is 0 Å². The van der Waals surface area contributed by atoms with Crippen LogP contribution in [-0.2, 0) is 4.74 Å². The first kappa shape index (κ1) is 15.6. The van der Waals surface area contributed by atoms with Gasteiger partial charge in [-0.25, -0.2) is 0 Å². The average Bonchev–Trinajstić information content (AvgIpc) is 2.28. The largest absolute Gasteiger partial charge is 0.375 e. The fraction of sp³-hybridized carbons (Fsp3) is 0.923. The van der Waals surface area contributed by atoms with Crippen molar-refractivity contribution in [1.82, 2.24) is 4.90 Å². The summed E-state index contributed by atoms with van der Waals surface area (Å²) in [6.45, 7) is 6.16. The highest BCUT2D eigenvalue weighted by molar-refractivity contribution is 5.57. The Morgan fingerprint density at radius 3 is 2.44 bits per heavy atom. The van der Waals surface area contributed by atoms with E-state index in [0.29, 0.717) is 18.2 Å². The van der Waals surface area contributed by atoms with Crippen molar-refractivity contribution >= 4 is 6.21 Å². The summed E-state index contributed by atoms with van der Waals surface area (Å²) in [5.74, 6) is 0. The van der Waals surface area contributed by atoms with Gasteiger partial charge in [0.05, 0.1) is 12.2 Å². The fourth-order valence-corrected chi connectivity index (χ4v) is 2.02. The van der Waals surface area contributed by atoms with Crippen LogP contribution in [0.15, 0.2) is 4.99 Å². The number of hydrogen-bond donors (Lipinski definition) is 0. The fourth-order valence-electron chi connectivity index (χ4n) is 2.02. The molecule has 0 bridgehead atoms. The number of hydrogen-bond acceptors (Lipinski definition) is 3. The second kappa shape index (κ2) is 8.71. The van der Waals surface area contributed by atoms with Gasteiger partial charge in [-0.1, -0.05) is 13.8 Å². The van der Waals surface area contributed by atoms with Crippen LogP contribution in [0.5, 0.6) is 0 Å². The number of ether oxygens (including phenoxy) is 1. The molecule has 0 aromatic heterocycles. The van der Waals surface area contributed by atoms with E-state index < -0.39 is 0 Å². The molecular weight excluding hydrogens is 200 g/mol. The molecule has 1 aliphatic rings. The van der Waals surface area contributed by atoms with E-state index >= 15 is 0 Å². The van der Waals surface area contributed by atoms with Crippen LogP contribution >= 0.6 is 0 Å². The highest BCUT2D eigenvalue weighted by atomic mass is 16.5. The zero-order chi connectivity index (χ0) is 12.6. The van der Waals surface area contributed by atoms with E-state index in [1.54, 1.807) is 0 Å². The third-order valence-electron chi connectivity index (χ3n) is 2.84. The summed E-state index contributed by atoms with van der Waals surface area (Å²) < 4.78 is 5.85. The van der Waals surface area contributed by atoms with E-state index in [-0.39, 0.29) is 0 Å². The molecule has 0 radical (unpaired) electrons. The molecule has 0 amide bonds. The Kier molecular flexibility index (Phi) is 8.49. The highest BCUT2D eigenvalue weighted by Gasteiger charge is 2.27. The van der Waals surface area contributed by atoms with Gasteiger partial charge in [0, 0.05) is 25.7 Å². The van der Waals surface area contributed by atoms with Crippen LogP contribution in [0.4, 0.5) is 0 Å². The molecule has 0 aromatic carbocycles. The molecule has 1 saturated heterocycles. The molecule has 0 saturated carbocycles. The van der Waals surface area contributed by atoms with Crippen molar-refractivity contribution in [3.05, 3.63) is 0 Å². The third-order valence-corrected chi connectivity index (χ3v) is 2.84. The second-order valence-corrected chi connectivity index (χ2v) is 4.33. The molecule has 3 atom stereocenters. The van der Waals surface area contributed by atoms with E-state index in [1.165, 1.54) is 0 Å². The summed E-state index contributed by atoms with van der Waals surface area (Å²) in [7, 11) is 6.11. The smallest absolute Gasteiger partial charge is 0.0642 e. The van der Waals surface area contributed by atoms with Gasteiger partial charge in [-0.3, -0.25) is 0 Å². The summed E-state index contributed by atoms with van der Waals surface area (Å²) >= 11 is 0. The summed E-state index contributed by atoms with van der Waals surface area (Å²) in [6.07, 6.45) is 5.91. The molecule has 1 fully saturated rings. The van der Waals surface area contributed by atoms with Crippen LogP contribution in [0.1, 0.15) is 40.0 Å². The van der Waals surface area contributed by atoms with Crippen molar-refractivity contribution in [3.63, 3.8) is 0 Å². The van der Waals surface area contributed by atoms with Crippen LogP contribution in [0, 0.1) is 0 Å². The van der Waals surface area contributed by atoms with Gasteiger partial charge in [-0.15, -0.1) is 0 Å². The molecule has 96 valence electrons. The monoisotopic (exact) mass is 228 g/mol. The lowest BCUT2D eigenvalue weighted by atomic mass is 9.97. The van der Waals surface area contributed by atoms with Crippen LogP contribution in [-0.4, -0.2) is 50.5 Å². The molecule has 16 heavy (non-hydrogen) atoms. The first-order valence-corrected chi connectivity index (χ1v) is 6.36. The maximum Gasteiger partial charge on any atom is 0.0642 e. The quantitative estimate of drug-likeness (QED) is 0.694. The van der Waals surface area contributed by atoms with Gasteiger partial charge in [0.2, 0.25) is 0 Å². The number of aliphatic imine (C=N–C) groups is 1. The van der Waals surface area contributed by atoms with E-state index in [1.807, 2.05) is 27.1 Å². The summed E-state index contributed by atoms with van der Waals surface area (Å²) in [5, 5.41) is 0. The van der Waals surface area contributed by atoms with Gasteiger partial charge in [0.1, 0.15) is 0 Å². The zero-order valence-electron chi connectivity index (χ0n) is 11.7. The number of nitrogens with zero attached hydrogens (tertiary/aromatic N) is 2. The Hall–Kier alpha value is -0.410. The normalized spacial score (nSPS) is 30.3. The van der Waals surface area contributed by atoms with Gasteiger partial charge in [-0.05, 0) is 33.9 Å². The van der Waals surface area contributed by atoms with Gasteiger partial charge >= 0.3 is 0 Å². The molecule has 1 rings (SSSR count). The Morgan fingerprint density at radius 1 is 1.31 bits per heavy atom. The van der Waals surface area contributed by atoms with Gasteiger partial charge in [-0.2, -0.15) is 0 Å². The third kappa shape index (κ3) is 5.61. The van der Waals surface area contributed by atoms with E-state index in [2.05, 4.69) is 30.9 Å². The van der Waals surface area contributed by atoms with Crippen LogP contribution in [0.25, 0.3) is 0 Å². The summed E-state index contributed by atoms with van der Waals surface area (Å²) in [5.41, 5.74) is 0. The molecule has 1 heterocycles. The molecule has 0 N–H and O–H groups in total. The first-order chi connectivity index (χ1) is 7.63. The standard InChI is InChI=1S/C11H22N2O.C2H6/c1-9-7-10(13(3)4)8-11(14-9)5-6-12-2;1-2/h6,9-11H,5,7-8H2,1-4H3;1-2H3. The predicted molar refractivity (Wildman–Crippen MR) is 71.4 cm³/mol. The van der Waals surface area contributed by atoms with Crippen LogP contribution < -0.4 is 0 Å². The Bertz CT molecular complexity index is 192. The lowest BCUT2D eigenvalue weighted by Gasteiger charge is -2.36. The predicted octanol–water partition coefficient (Wildman–Crippen LogP) is 2.60. The second-order valence-electron chi connectivity index (χ2n) is 4.33. The lowest BCUT2D eigenvalue weighted by molar-refractivity contribution is -0.0627. The van der Waals surface area contributed by atoms with E-state index in [4.69, 9.17) is 4.74 Å². The minimum Gasteiger partial charge on any atom is -0.375 e. The minimum absolute atomic E-state index is 0.356. The van der Waals surface area contributed by atoms with Crippen molar-refractivity contribution in [2.24, 2.45) is 4.99 Å². The first-order valence-electron chi connectivity index (χ1n) is 6.36. The Balaban J connectivity index is 0.00000106. The molecule has 0 aromatic rings. The lowest BCUT2D eigenvalue weighted by Crippen LogP contribution is -2.41. The maximum absolute atomic E-state index is 5.85. The van der Waals surface area contributed by atoms with E-state index in [0.717, 1.165) is 19.3 Å². The average molecular weight is 228 g/mol. The van der Waals surface area contributed by atoms with Gasteiger partial charge < -0.3 is 14.6 Å². The van der Waals surface area contributed by atoms with Gasteiger partial charge in [0.25, 0.3) is 0 Å². The van der Waals surface area contributed by atoms with Crippen molar-refractivity contribution in [2.45, 2.75) is 58.3 Å². The van der Waals surface area contributed by atoms with Crippen LogP contribution in [0.3, 0.4) is 0 Å². The maximum atomic E-state index is 5.85. The molecule has 0 spiro atoms. The van der Waals surface area contributed by atoms with Crippen molar-refractivity contribution in [2.75, 3.05) is 21.1 Å². The zero-order valence-corrected chi connectivity index (χ0v) is 11.7. The molecule has 3 nitrogen and oxygen atoms in total. The molecule has 3 heteroatoms. The summed E-state index contributed by atoms with van der Waals surface area (Å²) in [6, 6.07) is 0.661. The summed E-state index contributed by atoms with van der Waals surface area (Å²) in [4.78, 5) is 6.31. The number of rotatable bonds is 3. The highest BCUT2D eigenvalue weighted by Crippen LogP contribution is 2.23. The van der Waals surface area contributed by atoms with E-state index in [9.17, 15) is 0 Å². The molecule has 3 unspecified atom stereocenters. The molecule has 0 aliphatic carbocycles. The van der Waals surface area contributed by atoms with Gasteiger partial charge in [0.15, 0.2) is 0 Å². The molecular formula is C13H28N2O. The van der Waals surface area contributed by atoms with Crippen molar-refractivity contribution in [3.8, 4) is 0 Å². The SMILES string of the molecule is CC.CN=CCC1CC(N(C)C)CC(C)O1. The minimum atomic E-state index is 0.356. The Morgan fingerprint density at radius 2 is 1.94 bits per heavy atom. The molecule has 1 aliphatic heterocycles. The van der Waals surface area contributed by atoms with Crippen molar-refractivity contribution < 1.29 is 4.74 Å². The Labute approximate surface area is 101 Å².